The number of hydrazine groups is 1. The van der Waals surface area contributed by atoms with Gasteiger partial charge in [0, 0.05) is 18.1 Å². The summed E-state index contributed by atoms with van der Waals surface area (Å²) >= 11 is 1.45. The fraction of sp³-hybridized carbons (Fsp3) is 0.304. The van der Waals surface area contributed by atoms with Gasteiger partial charge in [-0.2, -0.15) is 5.10 Å². The first kappa shape index (κ1) is 20.0. The number of thioether (sulfide) groups is 1. The number of carbonyl (C=O) groups excluding carboxylic acids is 1. The van der Waals surface area contributed by atoms with Crippen LogP contribution in [0.1, 0.15) is 29.2 Å². The molecule has 2 aromatic carbocycles. The highest BCUT2D eigenvalue weighted by Gasteiger charge is 2.44. The molecule has 3 aliphatic rings. The number of hydrazone groups is 1. The van der Waals surface area contributed by atoms with E-state index in [0.717, 1.165) is 22.8 Å². The van der Waals surface area contributed by atoms with Crippen LogP contribution in [0.3, 0.4) is 0 Å². The smallest absolute Gasteiger partial charge is 0.234 e. The molecule has 0 spiro atoms. The van der Waals surface area contributed by atoms with Crippen molar-refractivity contribution in [2.24, 2.45) is 5.10 Å². The topological polar surface area (TPSA) is 72.0 Å². The Bertz CT molecular complexity index is 1040. The van der Waals surface area contributed by atoms with Gasteiger partial charge in [0.05, 0.1) is 17.8 Å². The largest absolute Gasteiger partial charge is 0.325 e. The van der Waals surface area contributed by atoms with E-state index in [2.05, 4.69) is 68.6 Å². The minimum Gasteiger partial charge on any atom is -0.325 e. The molecule has 31 heavy (non-hydrogen) atoms. The third-order valence-electron chi connectivity index (χ3n) is 5.82. The highest BCUT2D eigenvalue weighted by atomic mass is 32.2. The maximum absolute atomic E-state index is 12.4. The summed E-state index contributed by atoms with van der Waals surface area (Å²) < 4.78 is 0. The summed E-state index contributed by atoms with van der Waals surface area (Å²) in [5.41, 5.74) is 11.4. The van der Waals surface area contributed by atoms with Gasteiger partial charge in [0.2, 0.25) is 5.91 Å². The minimum atomic E-state index is -0.0358. The van der Waals surface area contributed by atoms with E-state index in [9.17, 15) is 4.79 Å². The summed E-state index contributed by atoms with van der Waals surface area (Å²) in [7, 11) is 0. The lowest BCUT2D eigenvalue weighted by atomic mass is 9.99. The lowest BCUT2D eigenvalue weighted by Gasteiger charge is -2.36. The predicted octanol–water partition coefficient (Wildman–Crippen LogP) is 3.28. The number of anilines is 1. The molecular weight excluding hydrogens is 408 g/mol. The number of aryl methyl sites for hydroxylation is 2. The van der Waals surface area contributed by atoms with E-state index >= 15 is 0 Å². The summed E-state index contributed by atoms with van der Waals surface area (Å²) in [4.78, 5) is 14.5. The summed E-state index contributed by atoms with van der Waals surface area (Å²) in [6, 6.07) is 17.0. The molecule has 3 aliphatic heterocycles. The van der Waals surface area contributed by atoms with Crippen molar-refractivity contribution in [1.29, 1.82) is 0 Å². The molecule has 160 valence electrons. The van der Waals surface area contributed by atoms with E-state index in [1.807, 2.05) is 37.4 Å². The van der Waals surface area contributed by atoms with Crippen LogP contribution in [-0.2, 0) is 4.79 Å². The summed E-state index contributed by atoms with van der Waals surface area (Å²) in [6.07, 6.45) is 5.11. The Hall–Kier alpha value is -2.97. The first-order chi connectivity index (χ1) is 15.1. The molecule has 8 heteroatoms. The van der Waals surface area contributed by atoms with Crippen LogP contribution in [0.2, 0.25) is 0 Å². The van der Waals surface area contributed by atoms with Gasteiger partial charge in [-0.3, -0.25) is 10.2 Å². The van der Waals surface area contributed by atoms with Crippen molar-refractivity contribution in [3.63, 3.8) is 0 Å². The van der Waals surface area contributed by atoms with E-state index < -0.39 is 0 Å². The molecule has 0 aliphatic carbocycles. The zero-order chi connectivity index (χ0) is 21.4. The number of hydrogen-bond acceptors (Lipinski definition) is 7. The number of hydrogen-bond donors (Lipinski definition) is 3. The number of nitrogens with zero attached hydrogens (tertiary/aromatic N) is 3. The molecule has 0 aromatic heterocycles. The van der Waals surface area contributed by atoms with E-state index in [4.69, 9.17) is 0 Å². The molecule has 2 aromatic rings. The lowest BCUT2D eigenvalue weighted by Crippen LogP contribution is -2.54. The number of benzene rings is 2. The van der Waals surface area contributed by atoms with E-state index in [0.29, 0.717) is 5.75 Å². The second-order valence-electron chi connectivity index (χ2n) is 8.18. The fourth-order valence-corrected chi connectivity index (χ4v) is 4.99. The molecule has 3 heterocycles. The first-order valence-electron chi connectivity index (χ1n) is 10.5. The molecule has 3 atom stereocenters. The Balaban J connectivity index is 1.18. The van der Waals surface area contributed by atoms with Crippen molar-refractivity contribution < 1.29 is 4.79 Å². The van der Waals surface area contributed by atoms with E-state index in [1.165, 1.54) is 22.9 Å². The highest BCUT2D eigenvalue weighted by Crippen LogP contribution is 2.35. The molecule has 0 radical (unpaired) electrons. The number of amidine groups is 1. The van der Waals surface area contributed by atoms with Gasteiger partial charge >= 0.3 is 0 Å². The van der Waals surface area contributed by atoms with E-state index in [1.54, 1.807) is 0 Å². The van der Waals surface area contributed by atoms with E-state index in [-0.39, 0.29) is 24.2 Å². The van der Waals surface area contributed by atoms with Crippen molar-refractivity contribution in [1.82, 2.24) is 20.8 Å². The standard InChI is InChI=1S/C23H26N6OS/c1-15-6-8-17(9-7-15)19-13-20-22-25-26-23(28(22)10-11-29(20)27-19)31-14-21(30)24-18-5-3-4-16(2)12-18/h3-12,19-20,22,25,27H,13-14H2,1-2H3,(H,24,30). The van der Waals surface area contributed by atoms with Gasteiger partial charge in [0.25, 0.3) is 0 Å². The molecule has 0 saturated carbocycles. The number of carbonyl (C=O) groups is 1. The monoisotopic (exact) mass is 434 g/mol. The Kier molecular flexibility index (Phi) is 5.33. The van der Waals surface area contributed by atoms with Gasteiger partial charge in [-0.15, -0.1) is 0 Å². The zero-order valence-corrected chi connectivity index (χ0v) is 18.4. The van der Waals surface area contributed by atoms with Crippen LogP contribution in [0.4, 0.5) is 5.69 Å². The lowest BCUT2D eigenvalue weighted by molar-refractivity contribution is -0.113. The van der Waals surface area contributed by atoms with Gasteiger partial charge < -0.3 is 15.2 Å². The van der Waals surface area contributed by atoms with Crippen molar-refractivity contribution >= 4 is 28.5 Å². The molecule has 1 amide bonds. The average molecular weight is 435 g/mol. The van der Waals surface area contributed by atoms with Crippen molar-refractivity contribution in [2.45, 2.75) is 38.5 Å². The molecule has 1 saturated heterocycles. The molecule has 3 N–H and O–H groups in total. The summed E-state index contributed by atoms with van der Waals surface area (Å²) in [6.45, 7) is 4.12. The molecular formula is C23H26N6OS. The average Bonchev–Trinajstić information content (AvgIpc) is 3.36. The van der Waals surface area contributed by atoms with Crippen LogP contribution < -0.4 is 16.2 Å². The third-order valence-corrected chi connectivity index (χ3v) is 6.79. The summed E-state index contributed by atoms with van der Waals surface area (Å²) in [5.74, 6) is 0.274. The van der Waals surface area contributed by atoms with Gasteiger partial charge in [0.1, 0.15) is 6.17 Å². The minimum absolute atomic E-state index is 0.0358. The SMILES string of the molecule is Cc1ccc(C2CC3C4NN=C(SCC(=O)Nc5cccc(C)c5)N4C=CN3N2)cc1. The second-order valence-corrected chi connectivity index (χ2v) is 9.13. The number of rotatable bonds is 4. The van der Waals surface area contributed by atoms with Crippen LogP contribution in [0.25, 0.3) is 0 Å². The molecule has 1 fully saturated rings. The number of amides is 1. The third kappa shape index (κ3) is 4.13. The highest BCUT2D eigenvalue weighted by molar-refractivity contribution is 8.14. The Morgan fingerprint density at radius 2 is 2.00 bits per heavy atom. The van der Waals surface area contributed by atoms with Crippen molar-refractivity contribution in [2.75, 3.05) is 11.1 Å². The van der Waals surface area contributed by atoms with Crippen molar-refractivity contribution in [3.8, 4) is 0 Å². The van der Waals surface area contributed by atoms with Crippen LogP contribution >= 0.6 is 11.8 Å². The number of nitrogens with one attached hydrogen (secondary N) is 3. The summed E-state index contributed by atoms with van der Waals surface area (Å²) in [5, 5.41) is 10.5. The molecule has 7 nitrogen and oxygen atoms in total. The van der Waals surface area contributed by atoms with Crippen molar-refractivity contribution in [3.05, 3.63) is 77.6 Å². The van der Waals surface area contributed by atoms with Gasteiger partial charge in [0.15, 0.2) is 5.17 Å². The fourth-order valence-electron chi connectivity index (χ4n) is 4.22. The first-order valence-corrected chi connectivity index (χ1v) is 11.5. The molecule has 3 unspecified atom stereocenters. The van der Waals surface area contributed by atoms with Gasteiger partial charge in [-0.1, -0.05) is 53.7 Å². The van der Waals surface area contributed by atoms with Crippen LogP contribution in [-0.4, -0.2) is 38.9 Å². The van der Waals surface area contributed by atoms with Crippen LogP contribution in [0.15, 0.2) is 66.0 Å². The van der Waals surface area contributed by atoms with Crippen LogP contribution in [0, 0.1) is 13.8 Å². The Morgan fingerprint density at radius 1 is 1.16 bits per heavy atom. The maximum Gasteiger partial charge on any atom is 0.234 e. The Labute approximate surface area is 186 Å². The van der Waals surface area contributed by atoms with Gasteiger partial charge in [-0.25, -0.2) is 5.43 Å². The number of fused-ring (bicyclic) bond motifs is 3. The second kappa shape index (κ2) is 8.28. The molecule has 5 rings (SSSR count). The van der Waals surface area contributed by atoms with Crippen LogP contribution in [0.5, 0.6) is 0 Å². The predicted molar refractivity (Wildman–Crippen MR) is 125 cm³/mol. The normalized spacial score (nSPS) is 23.8. The van der Waals surface area contributed by atoms with Gasteiger partial charge in [-0.05, 0) is 43.5 Å². The quantitative estimate of drug-likeness (QED) is 0.686. The zero-order valence-electron chi connectivity index (χ0n) is 17.6. The maximum atomic E-state index is 12.4. The Morgan fingerprint density at radius 3 is 2.81 bits per heavy atom. The molecule has 0 bridgehead atoms.